The molecule has 1 aromatic carbocycles. The SMILES string of the molecule is CN(C)C(CNS(C)(=O)=O)c1ccc2c(c1)OCO2.Cl. The van der Waals surface area contributed by atoms with Gasteiger partial charge >= 0.3 is 0 Å². The van der Waals surface area contributed by atoms with E-state index in [-0.39, 0.29) is 25.2 Å². The van der Waals surface area contributed by atoms with Gasteiger partial charge in [0.15, 0.2) is 11.5 Å². The van der Waals surface area contributed by atoms with Gasteiger partial charge in [0.1, 0.15) is 0 Å². The summed E-state index contributed by atoms with van der Waals surface area (Å²) in [5.41, 5.74) is 0.977. The van der Waals surface area contributed by atoms with Gasteiger partial charge in [-0.2, -0.15) is 0 Å². The Hall–Kier alpha value is -1.02. The van der Waals surface area contributed by atoms with Crippen molar-refractivity contribution < 1.29 is 17.9 Å². The number of benzene rings is 1. The Morgan fingerprint density at radius 3 is 2.55 bits per heavy atom. The molecule has 1 aromatic rings. The van der Waals surface area contributed by atoms with Crippen molar-refractivity contribution >= 4 is 22.4 Å². The normalized spacial score (nSPS) is 15.0. The minimum absolute atomic E-state index is 0. The van der Waals surface area contributed by atoms with Crippen LogP contribution in [-0.2, 0) is 10.0 Å². The predicted octanol–water partition coefficient (Wildman–Crippen LogP) is 0.989. The maximum absolute atomic E-state index is 11.2. The fraction of sp³-hybridized carbons (Fsp3) is 0.500. The highest BCUT2D eigenvalue weighted by atomic mass is 35.5. The zero-order valence-corrected chi connectivity index (χ0v) is 13.3. The standard InChI is InChI=1S/C12H18N2O4S.ClH/c1-14(2)10(7-13-19(3,15)16)9-4-5-11-12(6-9)18-8-17-11;/h4-6,10,13H,7-8H2,1-3H3;1H. The second-order valence-electron chi connectivity index (χ2n) is 4.71. The van der Waals surface area contributed by atoms with Crippen LogP contribution in [0.25, 0.3) is 0 Å². The maximum atomic E-state index is 11.2. The van der Waals surface area contributed by atoms with Crippen LogP contribution >= 0.6 is 12.4 Å². The number of hydrogen-bond donors (Lipinski definition) is 1. The van der Waals surface area contributed by atoms with E-state index in [1.54, 1.807) is 0 Å². The van der Waals surface area contributed by atoms with Gasteiger partial charge in [-0.15, -0.1) is 12.4 Å². The molecule has 0 radical (unpaired) electrons. The Labute approximate surface area is 125 Å². The first kappa shape index (κ1) is 17.0. The lowest BCUT2D eigenvalue weighted by atomic mass is 10.1. The third-order valence-electron chi connectivity index (χ3n) is 2.94. The van der Waals surface area contributed by atoms with Crippen LogP contribution < -0.4 is 14.2 Å². The van der Waals surface area contributed by atoms with Crippen LogP contribution in [0.15, 0.2) is 18.2 Å². The van der Waals surface area contributed by atoms with Crippen LogP contribution in [-0.4, -0.2) is 47.0 Å². The van der Waals surface area contributed by atoms with Crippen molar-refractivity contribution in [3.63, 3.8) is 0 Å². The molecule has 1 heterocycles. The van der Waals surface area contributed by atoms with E-state index in [0.717, 1.165) is 17.6 Å². The van der Waals surface area contributed by atoms with Crippen LogP contribution in [0.5, 0.6) is 11.5 Å². The molecule has 0 spiro atoms. The van der Waals surface area contributed by atoms with Crippen molar-refractivity contribution in [2.24, 2.45) is 0 Å². The van der Waals surface area contributed by atoms with E-state index in [4.69, 9.17) is 9.47 Å². The van der Waals surface area contributed by atoms with Crippen LogP contribution in [0.2, 0.25) is 0 Å². The van der Waals surface area contributed by atoms with Gasteiger partial charge in [0.2, 0.25) is 16.8 Å². The number of nitrogens with one attached hydrogen (secondary N) is 1. The summed E-state index contributed by atoms with van der Waals surface area (Å²) in [5.74, 6) is 1.42. The van der Waals surface area contributed by atoms with Crippen LogP contribution in [0.3, 0.4) is 0 Å². The van der Waals surface area contributed by atoms with Crippen molar-refractivity contribution in [2.45, 2.75) is 6.04 Å². The molecule has 0 aromatic heterocycles. The Balaban J connectivity index is 0.00000200. The average molecular weight is 323 g/mol. The van der Waals surface area contributed by atoms with Crippen LogP contribution in [0.1, 0.15) is 11.6 Å². The molecular formula is C12H19ClN2O4S. The molecule has 1 atom stereocenters. The summed E-state index contributed by atoms with van der Waals surface area (Å²) in [6.07, 6.45) is 1.15. The molecule has 8 heteroatoms. The molecule has 114 valence electrons. The quantitative estimate of drug-likeness (QED) is 0.875. The van der Waals surface area contributed by atoms with Gasteiger partial charge in [-0.05, 0) is 31.8 Å². The first-order chi connectivity index (χ1) is 8.87. The molecule has 20 heavy (non-hydrogen) atoms. The smallest absolute Gasteiger partial charge is 0.231 e. The molecule has 1 N–H and O–H groups in total. The average Bonchev–Trinajstić information content (AvgIpc) is 2.74. The summed E-state index contributed by atoms with van der Waals surface area (Å²) in [7, 11) is 0.599. The molecule has 0 fully saturated rings. The number of fused-ring (bicyclic) bond motifs is 1. The van der Waals surface area contributed by atoms with Gasteiger partial charge in [0.05, 0.1) is 6.26 Å². The highest BCUT2D eigenvalue weighted by Crippen LogP contribution is 2.34. The van der Waals surface area contributed by atoms with Gasteiger partial charge in [-0.3, -0.25) is 0 Å². The number of nitrogens with zero attached hydrogens (tertiary/aromatic N) is 1. The van der Waals surface area contributed by atoms with E-state index in [0.29, 0.717) is 12.3 Å². The van der Waals surface area contributed by atoms with Gasteiger partial charge < -0.3 is 14.4 Å². The summed E-state index contributed by atoms with van der Waals surface area (Å²) >= 11 is 0. The Bertz CT molecular complexity index is 563. The van der Waals surface area contributed by atoms with Gasteiger partial charge in [0, 0.05) is 12.6 Å². The second-order valence-corrected chi connectivity index (χ2v) is 6.55. The minimum atomic E-state index is -3.20. The van der Waals surface area contributed by atoms with Gasteiger partial charge in [-0.1, -0.05) is 6.07 Å². The molecule has 0 bridgehead atoms. The fourth-order valence-electron chi connectivity index (χ4n) is 1.95. The number of ether oxygens (including phenoxy) is 2. The first-order valence-electron chi connectivity index (χ1n) is 5.87. The largest absolute Gasteiger partial charge is 0.454 e. The van der Waals surface area contributed by atoms with E-state index in [1.165, 1.54) is 0 Å². The highest BCUT2D eigenvalue weighted by molar-refractivity contribution is 7.88. The van der Waals surface area contributed by atoms with Gasteiger partial charge in [-0.25, -0.2) is 13.1 Å². The van der Waals surface area contributed by atoms with E-state index >= 15 is 0 Å². The van der Waals surface area contributed by atoms with Crippen molar-refractivity contribution in [1.29, 1.82) is 0 Å². The Morgan fingerprint density at radius 2 is 1.95 bits per heavy atom. The summed E-state index contributed by atoms with van der Waals surface area (Å²) in [5, 5.41) is 0. The molecule has 0 saturated carbocycles. The van der Waals surface area contributed by atoms with E-state index in [1.807, 2.05) is 37.2 Å². The first-order valence-corrected chi connectivity index (χ1v) is 7.76. The third-order valence-corrected chi connectivity index (χ3v) is 3.63. The second kappa shape index (κ2) is 6.62. The summed E-state index contributed by atoms with van der Waals surface area (Å²) in [6.45, 7) is 0.540. The molecule has 1 aliphatic heterocycles. The Kier molecular flexibility index (Phi) is 5.64. The molecule has 2 rings (SSSR count). The summed E-state index contributed by atoms with van der Waals surface area (Å²) in [4.78, 5) is 1.95. The maximum Gasteiger partial charge on any atom is 0.231 e. The molecule has 0 saturated heterocycles. The number of likely N-dealkylation sites (N-methyl/N-ethyl adjacent to an activating group) is 1. The van der Waals surface area contributed by atoms with Crippen molar-refractivity contribution in [2.75, 3.05) is 33.7 Å². The molecule has 1 unspecified atom stereocenters. The number of rotatable bonds is 5. The molecule has 0 amide bonds. The van der Waals surface area contributed by atoms with Crippen LogP contribution in [0.4, 0.5) is 0 Å². The van der Waals surface area contributed by atoms with E-state index < -0.39 is 10.0 Å². The number of halogens is 1. The van der Waals surface area contributed by atoms with Crippen LogP contribution in [0, 0.1) is 0 Å². The lowest BCUT2D eigenvalue weighted by molar-refractivity contribution is 0.174. The van der Waals surface area contributed by atoms with Gasteiger partial charge in [0.25, 0.3) is 0 Å². The summed E-state index contributed by atoms with van der Waals surface area (Å²) < 4.78 is 35.5. The molecule has 1 aliphatic rings. The zero-order chi connectivity index (χ0) is 14.0. The fourth-order valence-corrected chi connectivity index (χ4v) is 2.41. The monoisotopic (exact) mass is 322 g/mol. The molecule has 6 nitrogen and oxygen atoms in total. The van der Waals surface area contributed by atoms with Crippen molar-refractivity contribution in [1.82, 2.24) is 9.62 Å². The lowest BCUT2D eigenvalue weighted by Crippen LogP contribution is -2.33. The minimum Gasteiger partial charge on any atom is -0.454 e. The number of hydrogen-bond acceptors (Lipinski definition) is 5. The highest BCUT2D eigenvalue weighted by Gasteiger charge is 2.20. The summed E-state index contributed by atoms with van der Waals surface area (Å²) in [6, 6.07) is 5.58. The Morgan fingerprint density at radius 1 is 1.30 bits per heavy atom. The van der Waals surface area contributed by atoms with E-state index in [9.17, 15) is 8.42 Å². The predicted molar refractivity (Wildman–Crippen MR) is 79.1 cm³/mol. The zero-order valence-electron chi connectivity index (χ0n) is 11.6. The van der Waals surface area contributed by atoms with Crippen molar-refractivity contribution in [3.8, 4) is 11.5 Å². The van der Waals surface area contributed by atoms with Crippen molar-refractivity contribution in [3.05, 3.63) is 23.8 Å². The molecule has 0 aliphatic carbocycles. The number of sulfonamides is 1. The van der Waals surface area contributed by atoms with E-state index in [2.05, 4.69) is 4.72 Å². The third kappa shape index (κ3) is 4.24. The topological polar surface area (TPSA) is 67.9 Å². The molecular weight excluding hydrogens is 304 g/mol. The lowest BCUT2D eigenvalue weighted by Gasteiger charge is -2.24.